The van der Waals surface area contributed by atoms with E-state index in [1.807, 2.05) is 38.1 Å². The Morgan fingerprint density at radius 1 is 1.18 bits per heavy atom. The van der Waals surface area contributed by atoms with Crippen LogP contribution in [0.5, 0.6) is 0 Å². The van der Waals surface area contributed by atoms with Crippen LogP contribution in [0, 0.1) is 6.92 Å². The summed E-state index contributed by atoms with van der Waals surface area (Å²) < 4.78 is 1.55. The van der Waals surface area contributed by atoms with E-state index in [4.69, 9.17) is 16.6 Å². The van der Waals surface area contributed by atoms with Gasteiger partial charge in [0.25, 0.3) is 5.56 Å². The van der Waals surface area contributed by atoms with Crippen LogP contribution in [-0.4, -0.2) is 26.9 Å². The minimum absolute atomic E-state index is 0.0614. The van der Waals surface area contributed by atoms with Crippen molar-refractivity contribution in [3.05, 3.63) is 92.1 Å². The number of aromatic nitrogens is 2. The Labute approximate surface area is 199 Å². The fraction of sp³-hybridized carbons (Fsp3) is 0.346. The normalized spacial score (nSPS) is 13.5. The third-order valence-electron chi connectivity index (χ3n) is 5.98. The number of hydrogen-bond acceptors (Lipinski definition) is 4. The fourth-order valence-corrected chi connectivity index (χ4v) is 4.42. The van der Waals surface area contributed by atoms with Crippen LogP contribution in [0.3, 0.4) is 0 Å². The van der Waals surface area contributed by atoms with Crippen LogP contribution in [-0.2, 0) is 37.3 Å². The summed E-state index contributed by atoms with van der Waals surface area (Å²) >= 11 is 6.07. The maximum absolute atomic E-state index is 13.4. The van der Waals surface area contributed by atoms with E-state index in [0.29, 0.717) is 35.9 Å². The minimum Gasteiger partial charge on any atom is -0.324 e. The molecule has 1 aromatic heterocycles. The van der Waals surface area contributed by atoms with E-state index >= 15 is 0 Å². The van der Waals surface area contributed by atoms with Crippen LogP contribution in [0.25, 0.3) is 0 Å². The van der Waals surface area contributed by atoms with Crippen molar-refractivity contribution in [1.82, 2.24) is 14.5 Å². The Morgan fingerprint density at radius 2 is 1.97 bits per heavy atom. The van der Waals surface area contributed by atoms with Gasteiger partial charge < -0.3 is 5.32 Å². The third-order valence-corrected chi connectivity index (χ3v) is 6.21. The monoisotopic (exact) mass is 464 g/mol. The molecule has 0 radical (unpaired) electrons. The third kappa shape index (κ3) is 5.52. The molecule has 0 atom stereocenters. The highest BCUT2D eigenvalue weighted by Crippen LogP contribution is 2.21. The quantitative estimate of drug-likeness (QED) is 0.564. The highest BCUT2D eigenvalue weighted by atomic mass is 35.5. The van der Waals surface area contributed by atoms with Crippen LogP contribution in [0.4, 0.5) is 5.69 Å². The van der Waals surface area contributed by atoms with Gasteiger partial charge in [0, 0.05) is 42.3 Å². The van der Waals surface area contributed by atoms with Gasteiger partial charge >= 0.3 is 0 Å². The van der Waals surface area contributed by atoms with Gasteiger partial charge in [-0.1, -0.05) is 54.9 Å². The fourth-order valence-electron chi connectivity index (χ4n) is 4.25. The smallest absolute Gasteiger partial charge is 0.257 e. The summed E-state index contributed by atoms with van der Waals surface area (Å²) in [6, 6.07) is 15.7. The molecule has 1 amide bonds. The molecule has 3 aromatic rings. The van der Waals surface area contributed by atoms with Gasteiger partial charge in [0.1, 0.15) is 12.4 Å². The molecule has 33 heavy (non-hydrogen) atoms. The van der Waals surface area contributed by atoms with Gasteiger partial charge in [-0.15, -0.1) is 0 Å². The number of nitrogens with zero attached hydrogens (tertiary/aromatic N) is 3. The van der Waals surface area contributed by atoms with Crippen molar-refractivity contribution in [1.29, 1.82) is 0 Å². The molecule has 1 N–H and O–H groups in total. The summed E-state index contributed by atoms with van der Waals surface area (Å²) in [5, 5.41) is 3.44. The highest BCUT2D eigenvalue weighted by Gasteiger charge is 2.24. The number of carbonyl (C=O) groups excluding carboxylic acids is 1. The van der Waals surface area contributed by atoms with Crippen LogP contribution < -0.4 is 10.9 Å². The van der Waals surface area contributed by atoms with E-state index in [1.165, 1.54) is 5.56 Å². The van der Waals surface area contributed by atoms with Crippen molar-refractivity contribution in [2.24, 2.45) is 0 Å². The molecule has 172 valence electrons. The molecule has 0 saturated heterocycles. The lowest BCUT2D eigenvalue weighted by Gasteiger charge is -2.29. The summed E-state index contributed by atoms with van der Waals surface area (Å²) in [4.78, 5) is 33.4. The summed E-state index contributed by atoms with van der Waals surface area (Å²) in [6.45, 7) is 6.16. The number of rotatable bonds is 7. The highest BCUT2D eigenvalue weighted by molar-refractivity contribution is 6.31. The topological polar surface area (TPSA) is 67.2 Å². The first-order chi connectivity index (χ1) is 15.9. The molecule has 1 aliphatic heterocycles. The molecule has 2 aromatic carbocycles. The molecule has 0 spiro atoms. The van der Waals surface area contributed by atoms with E-state index < -0.39 is 0 Å². The number of aryl methyl sites for hydroxylation is 2. The second kappa shape index (κ2) is 10.3. The summed E-state index contributed by atoms with van der Waals surface area (Å²) in [6.07, 6.45) is 2.12. The van der Waals surface area contributed by atoms with Gasteiger partial charge in [-0.3, -0.25) is 19.1 Å². The first-order valence-electron chi connectivity index (χ1n) is 11.4. The Bertz CT molecular complexity index is 1210. The molecule has 0 fully saturated rings. The molecule has 0 unspecified atom stereocenters. The SMILES string of the molecule is CCCc1nc2c(c(=O)n1CC(=O)Nc1cc(Cl)ccc1C)CCN(Cc1ccccc1)C2. The molecule has 0 aliphatic carbocycles. The lowest BCUT2D eigenvalue weighted by atomic mass is 10.0. The van der Waals surface area contributed by atoms with Crippen molar-refractivity contribution in [3.63, 3.8) is 0 Å². The van der Waals surface area contributed by atoms with E-state index in [-0.39, 0.29) is 18.0 Å². The Hall–Kier alpha value is -2.96. The molecular weight excluding hydrogens is 436 g/mol. The lowest BCUT2D eigenvalue weighted by molar-refractivity contribution is -0.116. The lowest BCUT2D eigenvalue weighted by Crippen LogP contribution is -2.40. The zero-order valence-corrected chi connectivity index (χ0v) is 19.9. The summed E-state index contributed by atoms with van der Waals surface area (Å²) in [5.74, 6) is 0.406. The first kappa shape index (κ1) is 23.2. The molecule has 7 heteroatoms. The van der Waals surface area contributed by atoms with Gasteiger partial charge in [0.15, 0.2) is 0 Å². The summed E-state index contributed by atoms with van der Waals surface area (Å²) in [7, 11) is 0. The molecule has 0 saturated carbocycles. The zero-order valence-electron chi connectivity index (χ0n) is 19.1. The molecule has 0 bridgehead atoms. The van der Waals surface area contributed by atoms with Gasteiger partial charge in [-0.25, -0.2) is 4.98 Å². The standard InChI is InChI=1S/C26H29ClN4O2/c1-3-7-24-28-23-16-30(15-19-8-5-4-6-9-19)13-12-21(23)26(33)31(24)17-25(32)29-22-14-20(27)11-10-18(22)2/h4-6,8-11,14H,3,7,12-13,15-17H2,1-2H3,(H,29,32). The van der Waals surface area contributed by atoms with Crippen molar-refractivity contribution in [2.45, 2.75) is 52.7 Å². The minimum atomic E-state index is -0.261. The largest absolute Gasteiger partial charge is 0.324 e. The number of anilines is 1. The first-order valence-corrected chi connectivity index (χ1v) is 11.8. The van der Waals surface area contributed by atoms with E-state index in [9.17, 15) is 9.59 Å². The van der Waals surface area contributed by atoms with E-state index in [2.05, 4.69) is 22.3 Å². The van der Waals surface area contributed by atoms with Crippen LogP contribution in [0.15, 0.2) is 53.3 Å². The predicted octanol–water partition coefficient (Wildman–Crippen LogP) is 4.35. The molecule has 4 rings (SSSR count). The number of halogens is 1. The number of hydrogen-bond donors (Lipinski definition) is 1. The van der Waals surface area contributed by atoms with Gasteiger partial charge in [0.2, 0.25) is 5.91 Å². The Balaban J connectivity index is 1.56. The Kier molecular flexibility index (Phi) is 7.26. The van der Waals surface area contributed by atoms with Crippen molar-refractivity contribution in [3.8, 4) is 0 Å². The van der Waals surface area contributed by atoms with Crippen molar-refractivity contribution < 1.29 is 4.79 Å². The maximum Gasteiger partial charge on any atom is 0.257 e. The second-order valence-corrected chi connectivity index (χ2v) is 8.98. The molecule has 2 heterocycles. The number of nitrogens with one attached hydrogen (secondary N) is 1. The van der Waals surface area contributed by atoms with E-state index in [1.54, 1.807) is 16.7 Å². The number of carbonyl (C=O) groups is 1. The van der Waals surface area contributed by atoms with Crippen molar-refractivity contribution >= 4 is 23.2 Å². The second-order valence-electron chi connectivity index (χ2n) is 8.55. The van der Waals surface area contributed by atoms with Crippen LogP contribution in [0.2, 0.25) is 5.02 Å². The average molecular weight is 465 g/mol. The maximum atomic E-state index is 13.4. The van der Waals surface area contributed by atoms with E-state index in [0.717, 1.165) is 36.3 Å². The zero-order chi connectivity index (χ0) is 23.4. The van der Waals surface area contributed by atoms with Gasteiger partial charge in [-0.2, -0.15) is 0 Å². The number of benzene rings is 2. The predicted molar refractivity (Wildman–Crippen MR) is 132 cm³/mol. The van der Waals surface area contributed by atoms with Crippen LogP contribution >= 0.6 is 11.6 Å². The van der Waals surface area contributed by atoms with Gasteiger partial charge in [-0.05, 0) is 43.0 Å². The Morgan fingerprint density at radius 3 is 2.73 bits per heavy atom. The number of amides is 1. The number of fused-ring (bicyclic) bond motifs is 1. The average Bonchev–Trinajstić information content (AvgIpc) is 2.79. The summed E-state index contributed by atoms with van der Waals surface area (Å²) in [5.41, 5.74) is 4.28. The van der Waals surface area contributed by atoms with Crippen LogP contribution in [0.1, 0.15) is 41.6 Å². The van der Waals surface area contributed by atoms with Crippen molar-refractivity contribution in [2.75, 3.05) is 11.9 Å². The van der Waals surface area contributed by atoms with Gasteiger partial charge in [0.05, 0.1) is 5.69 Å². The molecule has 1 aliphatic rings. The molecule has 6 nitrogen and oxygen atoms in total. The molecular formula is C26H29ClN4O2.